The maximum atomic E-state index is 13.1. The number of sulfonamides is 1. The highest BCUT2D eigenvalue weighted by molar-refractivity contribution is 7.92. The summed E-state index contributed by atoms with van der Waals surface area (Å²) in [6, 6.07) is 18.9. The molecule has 0 N–H and O–H groups in total. The summed E-state index contributed by atoms with van der Waals surface area (Å²) >= 11 is 1.47. The molecular formula is C27H29N3O4S2. The Labute approximate surface area is 215 Å². The number of amides is 1. The molecule has 0 bridgehead atoms. The number of carbonyl (C=O) groups excluding carboxylic acids is 1. The van der Waals surface area contributed by atoms with E-state index in [1.807, 2.05) is 24.5 Å². The number of hydrogen-bond donors (Lipinski definition) is 0. The van der Waals surface area contributed by atoms with E-state index in [-0.39, 0.29) is 4.90 Å². The van der Waals surface area contributed by atoms with Crippen molar-refractivity contribution in [3.05, 3.63) is 88.2 Å². The van der Waals surface area contributed by atoms with Gasteiger partial charge in [0.2, 0.25) is 0 Å². The molecule has 0 aliphatic carbocycles. The smallest absolute Gasteiger partial charge is 0.279 e. The third kappa shape index (κ3) is 5.28. The number of thiazole rings is 1. The molecule has 0 saturated heterocycles. The van der Waals surface area contributed by atoms with Crippen LogP contribution in [0.15, 0.2) is 76.6 Å². The minimum Gasteiger partial charge on any atom is -0.380 e. The van der Waals surface area contributed by atoms with Gasteiger partial charge in [-0.2, -0.15) is 4.99 Å². The van der Waals surface area contributed by atoms with Crippen molar-refractivity contribution in [3.8, 4) is 0 Å². The molecule has 0 unspecified atom stereocenters. The van der Waals surface area contributed by atoms with E-state index in [4.69, 9.17) is 4.74 Å². The lowest BCUT2D eigenvalue weighted by atomic mass is 10.1. The quantitative estimate of drug-likeness (QED) is 0.307. The number of fused-ring (bicyclic) bond motifs is 1. The van der Waals surface area contributed by atoms with Crippen LogP contribution in [0.3, 0.4) is 0 Å². The second-order valence-electron chi connectivity index (χ2n) is 8.41. The molecule has 0 spiro atoms. The Balaban J connectivity index is 1.67. The molecular weight excluding hydrogens is 494 g/mol. The summed E-state index contributed by atoms with van der Waals surface area (Å²) in [6.45, 7) is 7.74. The number of carbonyl (C=O) groups is 1. The molecule has 4 aromatic rings. The number of anilines is 1. The van der Waals surface area contributed by atoms with Crippen molar-refractivity contribution in [1.82, 2.24) is 4.57 Å². The van der Waals surface area contributed by atoms with E-state index in [1.165, 1.54) is 47.0 Å². The summed E-state index contributed by atoms with van der Waals surface area (Å²) < 4.78 is 35.9. The first-order valence-corrected chi connectivity index (χ1v) is 13.9. The Morgan fingerprint density at radius 1 is 1.06 bits per heavy atom. The third-order valence-corrected chi connectivity index (χ3v) is 8.88. The first-order valence-electron chi connectivity index (χ1n) is 11.6. The number of benzene rings is 3. The predicted molar refractivity (Wildman–Crippen MR) is 144 cm³/mol. The monoisotopic (exact) mass is 523 g/mol. The largest absolute Gasteiger partial charge is 0.380 e. The number of aromatic nitrogens is 1. The topological polar surface area (TPSA) is 81.0 Å². The average Bonchev–Trinajstić information content (AvgIpc) is 3.21. The van der Waals surface area contributed by atoms with Gasteiger partial charge in [0.25, 0.3) is 15.9 Å². The molecule has 4 rings (SSSR count). The maximum Gasteiger partial charge on any atom is 0.279 e. The first kappa shape index (κ1) is 25.8. The van der Waals surface area contributed by atoms with Crippen molar-refractivity contribution in [2.75, 3.05) is 24.6 Å². The van der Waals surface area contributed by atoms with Crippen LogP contribution in [0.4, 0.5) is 5.69 Å². The maximum absolute atomic E-state index is 13.1. The minimum absolute atomic E-state index is 0.102. The van der Waals surface area contributed by atoms with E-state index < -0.39 is 15.9 Å². The van der Waals surface area contributed by atoms with Gasteiger partial charge in [0, 0.05) is 25.8 Å². The Hall–Kier alpha value is -3.27. The summed E-state index contributed by atoms with van der Waals surface area (Å²) in [7, 11) is -2.26. The van der Waals surface area contributed by atoms with Crippen LogP contribution >= 0.6 is 11.3 Å². The molecule has 7 nitrogen and oxygen atoms in total. The number of nitrogens with zero attached hydrogens (tertiary/aromatic N) is 3. The molecule has 9 heteroatoms. The summed E-state index contributed by atoms with van der Waals surface area (Å²) in [5, 5.41) is 0. The Kier molecular flexibility index (Phi) is 7.73. The van der Waals surface area contributed by atoms with Gasteiger partial charge in [-0.25, -0.2) is 8.42 Å². The highest BCUT2D eigenvalue weighted by atomic mass is 32.2. The second kappa shape index (κ2) is 10.8. The van der Waals surface area contributed by atoms with Gasteiger partial charge in [-0.15, -0.1) is 0 Å². The first-order chi connectivity index (χ1) is 17.2. The van der Waals surface area contributed by atoms with Crippen LogP contribution in [0.5, 0.6) is 0 Å². The van der Waals surface area contributed by atoms with Gasteiger partial charge in [-0.05, 0) is 74.4 Å². The zero-order valence-corrected chi connectivity index (χ0v) is 22.4. The number of hydrogen-bond acceptors (Lipinski definition) is 5. The van der Waals surface area contributed by atoms with Gasteiger partial charge in [0.15, 0.2) is 4.80 Å². The fourth-order valence-electron chi connectivity index (χ4n) is 3.97. The van der Waals surface area contributed by atoms with Crippen LogP contribution < -0.4 is 9.11 Å². The van der Waals surface area contributed by atoms with Crippen molar-refractivity contribution in [1.29, 1.82) is 0 Å². The molecule has 0 radical (unpaired) electrons. The number of aryl methyl sites for hydroxylation is 2. The molecule has 188 valence electrons. The van der Waals surface area contributed by atoms with Crippen molar-refractivity contribution in [2.24, 2.45) is 4.99 Å². The molecule has 36 heavy (non-hydrogen) atoms. The van der Waals surface area contributed by atoms with Gasteiger partial charge >= 0.3 is 0 Å². The van der Waals surface area contributed by atoms with E-state index in [1.54, 1.807) is 24.3 Å². The molecule has 0 aliphatic heterocycles. The van der Waals surface area contributed by atoms with Crippen LogP contribution in [0.2, 0.25) is 0 Å². The fourth-order valence-corrected chi connectivity index (χ4v) is 6.27. The van der Waals surface area contributed by atoms with E-state index in [0.29, 0.717) is 35.8 Å². The predicted octanol–water partition coefficient (Wildman–Crippen LogP) is 4.92. The second-order valence-corrected chi connectivity index (χ2v) is 11.4. The van der Waals surface area contributed by atoms with E-state index in [0.717, 1.165) is 21.3 Å². The summed E-state index contributed by atoms with van der Waals surface area (Å²) in [4.78, 5) is 18.2. The summed E-state index contributed by atoms with van der Waals surface area (Å²) in [6.07, 6.45) is 0. The molecule has 1 heterocycles. The van der Waals surface area contributed by atoms with Crippen molar-refractivity contribution >= 4 is 43.2 Å². The highest BCUT2D eigenvalue weighted by Gasteiger charge is 2.21. The Bertz CT molecular complexity index is 1550. The molecule has 0 fully saturated rings. The standard InChI is InChI=1S/C27H29N3O4S2/c1-5-34-16-15-30-24-18-19(2)17-20(3)25(24)35-27(30)28-26(31)21-11-13-23(14-12-21)36(32,33)29(4)22-9-7-6-8-10-22/h6-14,17-18H,5,15-16H2,1-4H3. The number of ether oxygens (including phenoxy) is 1. The lowest BCUT2D eigenvalue weighted by Crippen LogP contribution is -2.26. The van der Waals surface area contributed by atoms with Gasteiger partial charge in [0.1, 0.15) is 0 Å². The molecule has 0 atom stereocenters. The number of para-hydroxylation sites is 1. The SMILES string of the molecule is CCOCCn1c(=NC(=O)c2ccc(S(=O)(=O)N(C)c3ccccc3)cc2)sc2c(C)cc(C)cc21. The highest BCUT2D eigenvalue weighted by Crippen LogP contribution is 2.24. The minimum atomic E-state index is -3.76. The Morgan fingerprint density at radius 2 is 1.75 bits per heavy atom. The van der Waals surface area contributed by atoms with Crippen molar-refractivity contribution in [2.45, 2.75) is 32.2 Å². The van der Waals surface area contributed by atoms with Crippen LogP contribution in [-0.2, 0) is 21.3 Å². The van der Waals surface area contributed by atoms with Crippen LogP contribution in [-0.4, -0.2) is 39.2 Å². The molecule has 1 aromatic heterocycles. The van der Waals surface area contributed by atoms with Gasteiger partial charge in [0.05, 0.1) is 27.4 Å². The molecule has 0 saturated carbocycles. The molecule has 3 aromatic carbocycles. The number of rotatable bonds is 8. The van der Waals surface area contributed by atoms with Crippen molar-refractivity contribution < 1.29 is 17.9 Å². The molecule has 0 aliphatic rings. The van der Waals surface area contributed by atoms with Gasteiger partial charge < -0.3 is 9.30 Å². The van der Waals surface area contributed by atoms with Crippen LogP contribution in [0.1, 0.15) is 28.4 Å². The lowest BCUT2D eigenvalue weighted by Gasteiger charge is -2.19. The van der Waals surface area contributed by atoms with Crippen LogP contribution in [0, 0.1) is 13.8 Å². The van der Waals surface area contributed by atoms with E-state index in [9.17, 15) is 13.2 Å². The lowest BCUT2D eigenvalue weighted by molar-refractivity contribution is 0.0996. The zero-order valence-electron chi connectivity index (χ0n) is 20.8. The van der Waals surface area contributed by atoms with Crippen molar-refractivity contribution in [3.63, 3.8) is 0 Å². The van der Waals surface area contributed by atoms with Gasteiger partial charge in [-0.3, -0.25) is 9.10 Å². The Morgan fingerprint density at radius 3 is 2.42 bits per heavy atom. The zero-order chi connectivity index (χ0) is 25.9. The van der Waals surface area contributed by atoms with E-state index in [2.05, 4.69) is 24.0 Å². The summed E-state index contributed by atoms with van der Waals surface area (Å²) in [5.74, 6) is -0.429. The third-order valence-electron chi connectivity index (χ3n) is 5.85. The molecule has 1 amide bonds. The normalized spacial score (nSPS) is 12.3. The van der Waals surface area contributed by atoms with Crippen LogP contribution in [0.25, 0.3) is 10.2 Å². The fraction of sp³-hybridized carbons (Fsp3) is 0.259. The average molecular weight is 524 g/mol. The van der Waals surface area contributed by atoms with Gasteiger partial charge in [-0.1, -0.05) is 35.6 Å². The summed E-state index contributed by atoms with van der Waals surface area (Å²) in [5.41, 5.74) is 4.16. The van der Waals surface area contributed by atoms with E-state index >= 15 is 0 Å².